The summed E-state index contributed by atoms with van der Waals surface area (Å²) in [4.78, 5) is 0. The standard InChI is InChI=1S/C7H11NS/c8-7-3-1-2-6(4-7)5-9/h1-3,7,9H,4-5,8H2. The summed E-state index contributed by atoms with van der Waals surface area (Å²) in [5.41, 5.74) is 6.97. The molecule has 1 rings (SSSR count). The van der Waals surface area contributed by atoms with Gasteiger partial charge in [0.25, 0.3) is 0 Å². The lowest BCUT2D eigenvalue weighted by Gasteiger charge is -2.11. The molecule has 1 aliphatic rings. The third-order valence-electron chi connectivity index (χ3n) is 1.39. The van der Waals surface area contributed by atoms with E-state index < -0.39 is 0 Å². The number of hydrogen-bond acceptors (Lipinski definition) is 2. The van der Waals surface area contributed by atoms with Crippen LogP contribution in [0.2, 0.25) is 0 Å². The van der Waals surface area contributed by atoms with E-state index in [2.05, 4.69) is 18.7 Å². The zero-order valence-electron chi connectivity index (χ0n) is 5.25. The molecule has 0 aliphatic heterocycles. The molecule has 0 spiro atoms. The van der Waals surface area contributed by atoms with Gasteiger partial charge in [-0.1, -0.05) is 23.8 Å². The molecule has 0 bridgehead atoms. The first-order chi connectivity index (χ1) is 4.33. The zero-order chi connectivity index (χ0) is 6.69. The van der Waals surface area contributed by atoms with Crippen LogP contribution < -0.4 is 5.73 Å². The Morgan fingerprint density at radius 1 is 1.78 bits per heavy atom. The fraction of sp³-hybridized carbons (Fsp3) is 0.429. The molecule has 1 atom stereocenters. The van der Waals surface area contributed by atoms with Gasteiger partial charge < -0.3 is 5.73 Å². The van der Waals surface area contributed by atoms with Crippen LogP contribution in [0.3, 0.4) is 0 Å². The van der Waals surface area contributed by atoms with Gasteiger partial charge in [0.15, 0.2) is 0 Å². The Hall–Kier alpha value is -0.210. The SMILES string of the molecule is NC1C=CC=C(CS)C1. The second-order valence-electron chi connectivity index (χ2n) is 2.24. The highest BCUT2D eigenvalue weighted by molar-refractivity contribution is 7.80. The fourth-order valence-electron chi connectivity index (χ4n) is 0.890. The molecule has 0 saturated heterocycles. The van der Waals surface area contributed by atoms with Crippen LogP contribution in [0.15, 0.2) is 23.8 Å². The third kappa shape index (κ3) is 1.88. The minimum atomic E-state index is 0.220. The molecule has 2 N–H and O–H groups in total. The first-order valence-electron chi connectivity index (χ1n) is 3.05. The van der Waals surface area contributed by atoms with Crippen LogP contribution in [0.4, 0.5) is 0 Å². The molecule has 9 heavy (non-hydrogen) atoms. The Morgan fingerprint density at radius 2 is 2.56 bits per heavy atom. The summed E-state index contributed by atoms with van der Waals surface area (Å²) in [5.74, 6) is 0.831. The topological polar surface area (TPSA) is 26.0 Å². The van der Waals surface area contributed by atoms with Gasteiger partial charge in [-0.15, -0.1) is 0 Å². The molecule has 0 heterocycles. The predicted molar refractivity (Wildman–Crippen MR) is 43.7 cm³/mol. The molecule has 0 amide bonds. The van der Waals surface area contributed by atoms with E-state index in [0.29, 0.717) is 0 Å². The Labute approximate surface area is 61.0 Å². The van der Waals surface area contributed by atoms with Crippen LogP contribution in [-0.2, 0) is 0 Å². The maximum Gasteiger partial charge on any atom is 0.0264 e. The molecule has 0 aromatic heterocycles. The smallest absolute Gasteiger partial charge is 0.0264 e. The highest BCUT2D eigenvalue weighted by Crippen LogP contribution is 2.11. The number of rotatable bonds is 1. The molecule has 1 unspecified atom stereocenters. The van der Waals surface area contributed by atoms with Crippen LogP contribution in [0.5, 0.6) is 0 Å². The van der Waals surface area contributed by atoms with Gasteiger partial charge in [-0.3, -0.25) is 0 Å². The van der Waals surface area contributed by atoms with E-state index in [1.165, 1.54) is 5.57 Å². The normalized spacial score (nSPS) is 26.0. The van der Waals surface area contributed by atoms with Crippen molar-refractivity contribution in [3.8, 4) is 0 Å². The van der Waals surface area contributed by atoms with E-state index in [1.807, 2.05) is 12.2 Å². The van der Waals surface area contributed by atoms with Gasteiger partial charge in [-0.2, -0.15) is 12.6 Å². The minimum absolute atomic E-state index is 0.220. The molecule has 0 aromatic rings. The van der Waals surface area contributed by atoms with Crippen molar-refractivity contribution in [1.29, 1.82) is 0 Å². The molecule has 0 saturated carbocycles. The average Bonchev–Trinajstić information content (AvgIpc) is 1.88. The summed E-state index contributed by atoms with van der Waals surface area (Å²) in [6.45, 7) is 0. The summed E-state index contributed by atoms with van der Waals surface area (Å²) in [5, 5.41) is 0. The van der Waals surface area contributed by atoms with Gasteiger partial charge >= 0.3 is 0 Å². The number of thiol groups is 1. The number of hydrogen-bond donors (Lipinski definition) is 2. The second kappa shape index (κ2) is 3.08. The first kappa shape index (κ1) is 6.90. The molecule has 2 heteroatoms. The molecular weight excluding hydrogens is 130 g/mol. The maximum absolute atomic E-state index is 5.64. The average molecular weight is 141 g/mol. The van der Waals surface area contributed by atoms with Gasteiger partial charge in [-0.25, -0.2) is 0 Å². The van der Waals surface area contributed by atoms with E-state index in [9.17, 15) is 0 Å². The van der Waals surface area contributed by atoms with Crippen molar-refractivity contribution in [3.05, 3.63) is 23.8 Å². The first-order valence-corrected chi connectivity index (χ1v) is 3.69. The lowest BCUT2D eigenvalue weighted by atomic mass is 10.0. The van der Waals surface area contributed by atoms with Gasteiger partial charge in [0.2, 0.25) is 0 Å². The summed E-state index contributed by atoms with van der Waals surface area (Å²) in [7, 11) is 0. The van der Waals surface area contributed by atoms with Crippen molar-refractivity contribution in [3.63, 3.8) is 0 Å². The van der Waals surface area contributed by atoms with Gasteiger partial charge in [0.1, 0.15) is 0 Å². The zero-order valence-corrected chi connectivity index (χ0v) is 6.14. The molecule has 0 radical (unpaired) electrons. The highest BCUT2D eigenvalue weighted by Gasteiger charge is 2.03. The minimum Gasteiger partial charge on any atom is -0.324 e. The van der Waals surface area contributed by atoms with E-state index in [1.54, 1.807) is 0 Å². The summed E-state index contributed by atoms with van der Waals surface area (Å²) < 4.78 is 0. The van der Waals surface area contributed by atoms with Crippen LogP contribution in [-0.4, -0.2) is 11.8 Å². The van der Waals surface area contributed by atoms with Crippen molar-refractivity contribution in [2.75, 3.05) is 5.75 Å². The Kier molecular flexibility index (Phi) is 2.37. The second-order valence-corrected chi connectivity index (χ2v) is 2.55. The Balaban J connectivity index is 2.55. The van der Waals surface area contributed by atoms with Gasteiger partial charge in [-0.05, 0) is 6.42 Å². The van der Waals surface area contributed by atoms with Crippen LogP contribution >= 0.6 is 12.6 Å². The van der Waals surface area contributed by atoms with Gasteiger partial charge in [0, 0.05) is 11.8 Å². The Morgan fingerprint density at radius 3 is 3.00 bits per heavy atom. The summed E-state index contributed by atoms with van der Waals surface area (Å²) in [6, 6.07) is 0.220. The third-order valence-corrected chi connectivity index (χ3v) is 1.80. The quantitative estimate of drug-likeness (QED) is 0.526. The largest absolute Gasteiger partial charge is 0.324 e. The molecule has 0 fully saturated rings. The van der Waals surface area contributed by atoms with E-state index in [0.717, 1.165) is 12.2 Å². The van der Waals surface area contributed by atoms with Gasteiger partial charge in [0.05, 0.1) is 0 Å². The summed E-state index contributed by atoms with van der Waals surface area (Å²) >= 11 is 4.15. The van der Waals surface area contributed by atoms with Crippen molar-refractivity contribution in [2.24, 2.45) is 5.73 Å². The van der Waals surface area contributed by atoms with Crippen LogP contribution in [0.25, 0.3) is 0 Å². The molecular formula is C7H11NS. The molecule has 50 valence electrons. The fourth-order valence-corrected chi connectivity index (χ4v) is 1.12. The highest BCUT2D eigenvalue weighted by atomic mass is 32.1. The van der Waals surface area contributed by atoms with Crippen molar-refractivity contribution >= 4 is 12.6 Å². The summed E-state index contributed by atoms with van der Waals surface area (Å²) in [6.07, 6.45) is 7.06. The molecule has 1 nitrogen and oxygen atoms in total. The van der Waals surface area contributed by atoms with Crippen LogP contribution in [0.1, 0.15) is 6.42 Å². The van der Waals surface area contributed by atoms with Crippen molar-refractivity contribution in [1.82, 2.24) is 0 Å². The van der Waals surface area contributed by atoms with Crippen molar-refractivity contribution in [2.45, 2.75) is 12.5 Å². The lowest BCUT2D eigenvalue weighted by Crippen LogP contribution is -2.19. The number of allylic oxidation sites excluding steroid dienone is 2. The van der Waals surface area contributed by atoms with E-state index in [4.69, 9.17) is 5.73 Å². The molecule has 1 aliphatic carbocycles. The number of nitrogens with two attached hydrogens (primary N) is 1. The van der Waals surface area contributed by atoms with E-state index >= 15 is 0 Å². The lowest BCUT2D eigenvalue weighted by molar-refractivity contribution is 0.793. The predicted octanol–water partition coefficient (Wildman–Crippen LogP) is 1.13. The monoisotopic (exact) mass is 141 g/mol. The Bertz CT molecular complexity index is 149. The maximum atomic E-state index is 5.64. The van der Waals surface area contributed by atoms with E-state index in [-0.39, 0.29) is 6.04 Å². The van der Waals surface area contributed by atoms with Crippen LogP contribution in [0, 0.1) is 0 Å². The van der Waals surface area contributed by atoms with Crippen molar-refractivity contribution < 1.29 is 0 Å². The molecule has 0 aromatic carbocycles.